The topological polar surface area (TPSA) is 29.6 Å². The van der Waals surface area contributed by atoms with E-state index in [-0.39, 0.29) is 17.3 Å². The van der Waals surface area contributed by atoms with Crippen molar-refractivity contribution >= 4 is 5.78 Å². The van der Waals surface area contributed by atoms with E-state index in [2.05, 4.69) is 0 Å². The zero-order valence-electron chi connectivity index (χ0n) is 8.49. The van der Waals surface area contributed by atoms with Gasteiger partial charge < -0.3 is 4.74 Å². The predicted molar refractivity (Wildman–Crippen MR) is 54.3 cm³/mol. The summed E-state index contributed by atoms with van der Waals surface area (Å²) in [5.41, 5.74) is 0.559. The van der Waals surface area contributed by atoms with Gasteiger partial charge in [-0.15, -0.1) is 0 Å². The van der Waals surface area contributed by atoms with Gasteiger partial charge in [0.25, 0.3) is 0 Å². The largest absolute Gasteiger partial charge is 0.369 e. The number of ketones is 1. The van der Waals surface area contributed by atoms with Crippen molar-refractivity contribution in [2.24, 2.45) is 5.92 Å². The summed E-state index contributed by atoms with van der Waals surface area (Å²) in [4.78, 5) is 12.0. The molecular formula is C12H14O2. The first-order chi connectivity index (χ1) is 6.63. The van der Waals surface area contributed by atoms with Gasteiger partial charge in [0.15, 0.2) is 5.78 Å². The number of rotatable bonds is 3. The molecule has 2 unspecified atom stereocenters. The second kappa shape index (κ2) is 3.21. The fourth-order valence-electron chi connectivity index (χ4n) is 1.49. The van der Waals surface area contributed by atoms with Crippen LogP contribution in [0.15, 0.2) is 30.3 Å². The van der Waals surface area contributed by atoms with Crippen molar-refractivity contribution in [1.82, 2.24) is 0 Å². The van der Waals surface area contributed by atoms with E-state index >= 15 is 0 Å². The molecule has 14 heavy (non-hydrogen) atoms. The molecular weight excluding hydrogens is 176 g/mol. The van der Waals surface area contributed by atoms with Crippen LogP contribution < -0.4 is 0 Å². The average molecular weight is 190 g/mol. The van der Waals surface area contributed by atoms with E-state index in [1.807, 2.05) is 44.2 Å². The lowest BCUT2D eigenvalue weighted by molar-refractivity contribution is 0.0865. The van der Waals surface area contributed by atoms with Gasteiger partial charge in [-0.25, -0.2) is 0 Å². The van der Waals surface area contributed by atoms with Gasteiger partial charge in [0.2, 0.25) is 0 Å². The smallest absolute Gasteiger partial charge is 0.168 e. The molecule has 1 aliphatic rings. The second-order valence-corrected chi connectivity index (χ2v) is 4.05. The molecule has 1 aromatic rings. The summed E-state index contributed by atoms with van der Waals surface area (Å²) < 4.78 is 5.28. The van der Waals surface area contributed by atoms with Crippen LogP contribution in [-0.2, 0) is 4.74 Å². The SMILES string of the molecule is CC(C(=O)c1ccccc1)C1(C)CO1. The van der Waals surface area contributed by atoms with Crippen molar-refractivity contribution in [3.63, 3.8) is 0 Å². The van der Waals surface area contributed by atoms with Crippen LogP contribution in [0.1, 0.15) is 24.2 Å². The molecule has 1 aliphatic heterocycles. The highest BCUT2D eigenvalue weighted by atomic mass is 16.6. The van der Waals surface area contributed by atoms with Gasteiger partial charge in [-0.3, -0.25) is 4.79 Å². The summed E-state index contributed by atoms with van der Waals surface area (Å²) in [5, 5.41) is 0. The van der Waals surface area contributed by atoms with Crippen molar-refractivity contribution in [2.45, 2.75) is 19.4 Å². The average Bonchev–Trinajstić information content (AvgIpc) is 2.97. The molecule has 0 spiro atoms. The third-order valence-corrected chi connectivity index (χ3v) is 2.97. The Morgan fingerprint density at radius 3 is 2.50 bits per heavy atom. The Hall–Kier alpha value is -1.15. The van der Waals surface area contributed by atoms with Crippen molar-refractivity contribution in [3.8, 4) is 0 Å². The third-order valence-electron chi connectivity index (χ3n) is 2.97. The minimum Gasteiger partial charge on any atom is -0.369 e. The molecule has 0 amide bonds. The van der Waals surface area contributed by atoms with E-state index in [1.165, 1.54) is 0 Å². The Balaban J connectivity index is 2.16. The standard InChI is InChI=1S/C12H14O2/c1-9(12(2)8-14-12)11(13)10-6-4-3-5-7-10/h3-7,9H,8H2,1-2H3. The van der Waals surface area contributed by atoms with Crippen LogP contribution in [0.4, 0.5) is 0 Å². The highest BCUT2D eigenvalue weighted by Crippen LogP contribution is 2.36. The molecule has 0 radical (unpaired) electrons. The maximum absolute atomic E-state index is 12.0. The molecule has 1 aromatic carbocycles. The summed E-state index contributed by atoms with van der Waals surface area (Å²) in [6, 6.07) is 9.39. The van der Waals surface area contributed by atoms with E-state index in [0.29, 0.717) is 6.61 Å². The molecule has 0 bridgehead atoms. The first-order valence-electron chi connectivity index (χ1n) is 4.87. The zero-order valence-corrected chi connectivity index (χ0v) is 8.49. The van der Waals surface area contributed by atoms with Crippen molar-refractivity contribution in [1.29, 1.82) is 0 Å². The number of hydrogen-bond donors (Lipinski definition) is 0. The Bertz CT molecular complexity index is 339. The fraction of sp³-hybridized carbons (Fsp3) is 0.417. The lowest BCUT2D eigenvalue weighted by atomic mass is 9.89. The van der Waals surface area contributed by atoms with Gasteiger partial charge in [0.05, 0.1) is 18.1 Å². The van der Waals surface area contributed by atoms with E-state index in [9.17, 15) is 4.79 Å². The zero-order chi connectivity index (χ0) is 10.2. The van der Waals surface area contributed by atoms with Crippen LogP contribution in [0, 0.1) is 5.92 Å². The number of hydrogen-bond acceptors (Lipinski definition) is 2. The molecule has 2 nitrogen and oxygen atoms in total. The molecule has 74 valence electrons. The Morgan fingerprint density at radius 1 is 1.43 bits per heavy atom. The fourth-order valence-corrected chi connectivity index (χ4v) is 1.49. The Morgan fingerprint density at radius 2 is 2.00 bits per heavy atom. The van der Waals surface area contributed by atoms with Gasteiger partial charge in [-0.2, -0.15) is 0 Å². The van der Waals surface area contributed by atoms with Gasteiger partial charge in [-0.1, -0.05) is 37.3 Å². The highest BCUT2D eigenvalue weighted by molar-refractivity contribution is 5.98. The molecule has 0 aliphatic carbocycles. The number of ether oxygens (including phenoxy) is 1. The summed E-state index contributed by atoms with van der Waals surface area (Å²) in [6.07, 6.45) is 0. The Kier molecular flexibility index (Phi) is 2.16. The molecule has 1 heterocycles. The molecule has 2 atom stereocenters. The van der Waals surface area contributed by atoms with E-state index in [0.717, 1.165) is 5.56 Å². The molecule has 1 saturated heterocycles. The molecule has 0 N–H and O–H groups in total. The summed E-state index contributed by atoms with van der Waals surface area (Å²) in [7, 11) is 0. The number of benzene rings is 1. The maximum atomic E-state index is 12.0. The molecule has 2 heteroatoms. The lowest BCUT2D eigenvalue weighted by Crippen LogP contribution is -2.26. The van der Waals surface area contributed by atoms with Crippen molar-refractivity contribution in [2.75, 3.05) is 6.61 Å². The van der Waals surface area contributed by atoms with Gasteiger partial charge >= 0.3 is 0 Å². The van der Waals surface area contributed by atoms with Crippen LogP contribution in [0.3, 0.4) is 0 Å². The lowest BCUT2D eigenvalue weighted by Gasteiger charge is -2.13. The number of carbonyl (C=O) groups excluding carboxylic acids is 1. The minimum atomic E-state index is -0.215. The third kappa shape index (κ3) is 1.58. The summed E-state index contributed by atoms with van der Waals surface area (Å²) >= 11 is 0. The van der Waals surface area contributed by atoms with E-state index in [1.54, 1.807) is 0 Å². The monoisotopic (exact) mass is 190 g/mol. The van der Waals surface area contributed by atoms with Crippen LogP contribution in [0.2, 0.25) is 0 Å². The highest BCUT2D eigenvalue weighted by Gasteiger charge is 2.47. The molecule has 0 aromatic heterocycles. The number of Topliss-reactive ketones (excluding diaryl/α,β-unsaturated/α-hetero) is 1. The summed E-state index contributed by atoms with van der Waals surface area (Å²) in [6.45, 7) is 4.62. The molecule has 0 saturated carbocycles. The number of carbonyl (C=O) groups is 1. The van der Waals surface area contributed by atoms with Crippen molar-refractivity contribution < 1.29 is 9.53 Å². The molecule has 1 fully saturated rings. The Labute approximate surface area is 83.9 Å². The van der Waals surface area contributed by atoms with Gasteiger partial charge in [0.1, 0.15) is 0 Å². The second-order valence-electron chi connectivity index (χ2n) is 4.05. The van der Waals surface area contributed by atoms with E-state index in [4.69, 9.17) is 4.74 Å². The predicted octanol–water partition coefficient (Wildman–Crippen LogP) is 2.29. The van der Waals surface area contributed by atoms with Crippen LogP contribution in [0.25, 0.3) is 0 Å². The van der Waals surface area contributed by atoms with Crippen LogP contribution in [0.5, 0.6) is 0 Å². The van der Waals surface area contributed by atoms with E-state index < -0.39 is 0 Å². The van der Waals surface area contributed by atoms with Crippen LogP contribution in [-0.4, -0.2) is 18.0 Å². The minimum absolute atomic E-state index is 0.0510. The quantitative estimate of drug-likeness (QED) is 0.540. The van der Waals surface area contributed by atoms with Gasteiger partial charge in [0, 0.05) is 5.56 Å². The maximum Gasteiger partial charge on any atom is 0.168 e. The number of epoxide rings is 1. The first-order valence-corrected chi connectivity index (χ1v) is 4.87. The normalized spacial score (nSPS) is 27.0. The van der Waals surface area contributed by atoms with Crippen LogP contribution >= 0.6 is 0 Å². The molecule has 2 rings (SSSR count). The van der Waals surface area contributed by atoms with Gasteiger partial charge in [-0.05, 0) is 6.92 Å². The first kappa shape index (κ1) is 9.41. The summed E-state index contributed by atoms with van der Waals surface area (Å²) in [5.74, 6) is 0.121. The van der Waals surface area contributed by atoms with Crippen molar-refractivity contribution in [3.05, 3.63) is 35.9 Å².